The van der Waals surface area contributed by atoms with Crippen molar-refractivity contribution in [2.45, 2.75) is 12.5 Å². The minimum absolute atomic E-state index is 0.170. The van der Waals surface area contributed by atoms with Gasteiger partial charge >= 0.3 is 0 Å². The molecule has 1 unspecified atom stereocenters. The van der Waals surface area contributed by atoms with Crippen molar-refractivity contribution in [3.05, 3.63) is 89.5 Å². The summed E-state index contributed by atoms with van der Waals surface area (Å²) in [4.78, 5) is 13.3. The number of benzene rings is 3. The van der Waals surface area contributed by atoms with Crippen molar-refractivity contribution in [2.24, 2.45) is 5.10 Å². The molecular formula is C24H23N3O3. The number of carbonyl (C=O) groups is 1. The Labute approximate surface area is 175 Å². The van der Waals surface area contributed by atoms with Crippen molar-refractivity contribution in [3.8, 4) is 11.5 Å². The van der Waals surface area contributed by atoms with Gasteiger partial charge in [0, 0.05) is 23.2 Å². The van der Waals surface area contributed by atoms with E-state index in [1.165, 1.54) is 5.01 Å². The lowest BCUT2D eigenvalue weighted by molar-refractivity contribution is 0.0709. The first kappa shape index (κ1) is 19.5. The third-order valence-corrected chi connectivity index (χ3v) is 5.18. The molecule has 1 atom stereocenters. The molecule has 0 aromatic heterocycles. The second kappa shape index (κ2) is 8.29. The number of hydrazone groups is 1. The maximum Gasteiger partial charge on any atom is 0.274 e. The lowest BCUT2D eigenvalue weighted by Gasteiger charge is -2.24. The molecule has 1 aliphatic rings. The highest BCUT2D eigenvalue weighted by Crippen LogP contribution is 2.40. The smallest absolute Gasteiger partial charge is 0.274 e. The molecule has 1 aliphatic heterocycles. The predicted octanol–water partition coefficient (Wildman–Crippen LogP) is 4.28. The van der Waals surface area contributed by atoms with Crippen LogP contribution in [0.4, 0.5) is 5.69 Å². The molecule has 30 heavy (non-hydrogen) atoms. The fourth-order valence-electron chi connectivity index (χ4n) is 3.60. The molecule has 6 heteroatoms. The minimum atomic E-state index is -0.324. The van der Waals surface area contributed by atoms with Gasteiger partial charge in [-0.1, -0.05) is 30.3 Å². The lowest BCUT2D eigenvalue weighted by atomic mass is 9.97. The largest absolute Gasteiger partial charge is 0.497 e. The van der Waals surface area contributed by atoms with E-state index in [1.807, 2.05) is 60.7 Å². The van der Waals surface area contributed by atoms with E-state index in [4.69, 9.17) is 20.3 Å². The molecule has 4 rings (SSSR count). The van der Waals surface area contributed by atoms with E-state index in [-0.39, 0.29) is 11.9 Å². The van der Waals surface area contributed by atoms with Crippen molar-refractivity contribution in [2.75, 3.05) is 20.0 Å². The molecule has 0 bridgehead atoms. The molecule has 6 nitrogen and oxygen atoms in total. The van der Waals surface area contributed by atoms with E-state index in [0.29, 0.717) is 29.2 Å². The number of carbonyl (C=O) groups excluding carboxylic acids is 1. The normalized spacial score (nSPS) is 15.6. The van der Waals surface area contributed by atoms with Crippen molar-refractivity contribution >= 4 is 17.3 Å². The Morgan fingerprint density at radius 3 is 2.40 bits per heavy atom. The van der Waals surface area contributed by atoms with Crippen LogP contribution < -0.4 is 15.2 Å². The highest BCUT2D eigenvalue weighted by molar-refractivity contribution is 6.05. The number of methoxy groups -OCH3 is 2. The molecule has 0 saturated heterocycles. The number of amides is 1. The first-order valence-electron chi connectivity index (χ1n) is 9.64. The van der Waals surface area contributed by atoms with Gasteiger partial charge in [-0.15, -0.1) is 0 Å². The zero-order valence-electron chi connectivity index (χ0n) is 16.9. The number of nitrogen functional groups attached to an aromatic ring is 1. The molecule has 0 aliphatic carbocycles. The number of ether oxygens (including phenoxy) is 2. The summed E-state index contributed by atoms with van der Waals surface area (Å²) in [5, 5.41) is 6.26. The van der Waals surface area contributed by atoms with Gasteiger partial charge in [-0.05, 0) is 48.0 Å². The summed E-state index contributed by atoms with van der Waals surface area (Å²) in [5.41, 5.74) is 9.67. The Morgan fingerprint density at radius 1 is 1.00 bits per heavy atom. The van der Waals surface area contributed by atoms with Crippen LogP contribution in [0, 0.1) is 0 Å². The Morgan fingerprint density at radius 2 is 1.73 bits per heavy atom. The number of hydrogen-bond acceptors (Lipinski definition) is 5. The molecular weight excluding hydrogens is 378 g/mol. The highest BCUT2D eigenvalue weighted by atomic mass is 16.5. The van der Waals surface area contributed by atoms with Gasteiger partial charge in [0.1, 0.15) is 11.5 Å². The topological polar surface area (TPSA) is 77.2 Å². The van der Waals surface area contributed by atoms with Gasteiger partial charge in [0.2, 0.25) is 0 Å². The van der Waals surface area contributed by atoms with Crippen molar-refractivity contribution in [1.29, 1.82) is 0 Å². The molecule has 0 spiro atoms. The molecule has 152 valence electrons. The quantitative estimate of drug-likeness (QED) is 0.648. The van der Waals surface area contributed by atoms with Gasteiger partial charge in [-0.25, -0.2) is 5.01 Å². The Bertz CT molecular complexity index is 1080. The SMILES string of the molecule is COc1ccc(OC)c(C2CC(c3ccc(N)cc3)=NN2C(=O)c2ccccc2)c1. The van der Waals surface area contributed by atoms with Crippen molar-refractivity contribution in [1.82, 2.24) is 5.01 Å². The average molecular weight is 401 g/mol. The summed E-state index contributed by atoms with van der Waals surface area (Å²) < 4.78 is 11.0. The third-order valence-electron chi connectivity index (χ3n) is 5.18. The fourth-order valence-corrected chi connectivity index (χ4v) is 3.60. The maximum absolute atomic E-state index is 13.3. The molecule has 1 heterocycles. The molecule has 3 aromatic carbocycles. The Hall–Kier alpha value is -3.80. The second-order valence-corrected chi connectivity index (χ2v) is 7.01. The van der Waals surface area contributed by atoms with Gasteiger partial charge in [0.25, 0.3) is 5.91 Å². The molecule has 0 radical (unpaired) electrons. The predicted molar refractivity (Wildman–Crippen MR) is 117 cm³/mol. The minimum Gasteiger partial charge on any atom is -0.497 e. The number of nitrogens with two attached hydrogens (primary N) is 1. The first-order valence-corrected chi connectivity index (χ1v) is 9.64. The van der Waals surface area contributed by atoms with Crippen LogP contribution >= 0.6 is 0 Å². The zero-order valence-corrected chi connectivity index (χ0v) is 16.9. The second-order valence-electron chi connectivity index (χ2n) is 7.01. The van der Waals surface area contributed by atoms with Crippen molar-refractivity contribution < 1.29 is 14.3 Å². The Kier molecular flexibility index (Phi) is 5.39. The van der Waals surface area contributed by atoms with E-state index in [1.54, 1.807) is 26.4 Å². The van der Waals surface area contributed by atoms with Gasteiger partial charge in [0.15, 0.2) is 0 Å². The third kappa shape index (κ3) is 3.72. The average Bonchev–Trinajstić information content (AvgIpc) is 3.24. The summed E-state index contributed by atoms with van der Waals surface area (Å²) in [6.07, 6.45) is 0.548. The van der Waals surface area contributed by atoms with Gasteiger partial charge in [-0.2, -0.15) is 5.10 Å². The number of nitrogens with zero attached hydrogens (tertiary/aromatic N) is 2. The highest BCUT2D eigenvalue weighted by Gasteiger charge is 2.35. The van der Waals surface area contributed by atoms with Gasteiger partial charge < -0.3 is 15.2 Å². The van der Waals surface area contributed by atoms with Crippen LogP contribution in [0.25, 0.3) is 0 Å². The van der Waals surface area contributed by atoms with E-state index >= 15 is 0 Å². The standard InChI is InChI=1S/C24H23N3O3/c1-29-19-12-13-23(30-2)20(14-19)22-15-21(16-8-10-18(25)11-9-16)26-27(22)24(28)17-6-4-3-5-7-17/h3-14,22H,15,25H2,1-2H3. The van der Waals surface area contributed by atoms with Crippen LogP contribution in [0.15, 0.2) is 77.9 Å². The first-order chi connectivity index (χ1) is 14.6. The van der Waals surface area contributed by atoms with E-state index in [0.717, 1.165) is 16.8 Å². The van der Waals surface area contributed by atoms with Crippen molar-refractivity contribution in [3.63, 3.8) is 0 Å². The molecule has 2 N–H and O–H groups in total. The maximum atomic E-state index is 13.3. The Balaban J connectivity index is 1.79. The molecule has 1 amide bonds. The van der Waals surface area contributed by atoms with Crippen LogP contribution in [0.3, 0.4) is 0 Å². The summed E-state index contributed by atoms with van der Waals surface area (Å²) in [6, 6.07) is 21.9. The van der Waals surface area contributed by atoms with Crippen LogP contribution in [0.1, 0.15) is 33.9 Å². The fraction of sp³-hybridized carbons (Fsp3) is 0.167. The van der Waals surface area contributed by atoms with Crippen LogP contribution in [0.5, 0.6) is 11.5 Å². The van der Waals surface area contributed by atoms with Crippen LogP contribution in [0.2, 0.25) is 0 Å². The number of anilines is 1. The number of rotatable bonds is 5. The van der Waals surface area contributed by atoms with E-state index in [2.05, 4.69) is 0 Å². The monoisotopic (exact) mass is 401 g/mol. The van der Waals surface area contributed by atoms with E-state index < -0.39 is 0 Å². The molecule has 3 aromatic rings. The molecule has 0 fully saturated rings. The van der Waals surface area contributed by atoms with Crippen LogP contribution in [-0.2, 0) is 0 Å². The molecule has 0 saturated carbocycles. The van der Waals surface area contributed by atoms with E-state index in [9.17, 15) is 4.79 Å². The van der Waals surface area contributed by atoms with Gasteiger partial charge in [0.05, 0.1) is 26.0 Å². The summed E-state index contributed by atoms with van der Waals surface area (Å²) in [5.74, 6) is 1.20. The van der Waals surface area contributed by atoms with Gasteiger partial charge in [-0.3, -0.25) is 4.79 Å². The summed E-state index contributed by atoms with van der Waals surface area (Å²) >= 11 is 0. The zero-order chi connectivity index (χ0) is 21.1. The summed E-state index contributed by atoms with van der Waals surface area (Å²) in [7, 11) is 3.23. The van der Waals surface area contributed by atoms with Crippen LogP contribution in [-0.4, -0.2) is 30.8 Å². The lowest BCUT2D eigenvalue weighted by Crippen LogP contribution is -2.27. The number of hydrogen-bond donors (Lipinski definition) is 1. The summed E-state index contributed by atoms with van der Waals surface area (Å²) in [6.45, 7) is 0.